The average molecular weight is 333 g/mol. The zero-order valence-corrected chi connectivity index (χ0v) is 15.4. The predicted molar refractivity (Wildman–Crippen MR) is 98.3 cm³/mol. The van der Waals surface area contributed by atoms with Crippen molar-refractivity contribution in [2.75, 3.05) is 39.4 Å². The highest BCUT2D eigenvalue weighted by atomic mass is 16.5. The first-order chi connectivity index (χ1) is 11.5. The van der Waals surface area contributed by atoms with Crippen LogP contribution >= 0.6 is 0 Å². The van der Waals surface area contributed by atoms with E-state index in [1.807, 2.05) is 12.3 Å². The molecule has 24 heavy (non-hydrogen) atoms. The number of hydrogen-bond acceptors (Lipinski definition) is 4. The summed E-state index contributed by atoms with van der Waals surface area (Å²) in [5.74, 6) is 0.837. The van der Waals surface area contributed by atoms with Crippen molar-refractivity contribution < 1.29 is 4.74 Å². The summed E-state index contributed by atoms with van der Waals surface area (Å²) in [5, 5.41) is 6.79. The summed E-state index contributed by atoms with van der Waals surface area (Å²) in [6.45, 7) is 14.5. The minimum Gasteiger partial charge on any atom is -0.379 e. The second-order valence-electron chi connectivity index (χ2n) is 6.73. The van der Waals surface area contributed by atoms with E-state index in [0.29, 0.717) is 6.54 Å². The Morgan fingerprint density at radius 1 is 1.33 bits per heavy atom. The molecule has 6 nitrogen and oxygen atoms in total. The molecule has 134 valence electrons. The molecule has 2 rings (SSSR count). The molecule has 0 radical (unpaired) electrons. The molecular formula is C18H31N5O. The zero-order valence-electron chi connectivity index (χ0n) is 15.4. The average Bonchev–Trinajstić information content (AvgIpc) is 2.59. The number of rotatable bonds is 6. The number of nitrogens with one attached hydrogen (secondary N) is 2. The largest absolute Gasteiger partial charge is 0.379 e. The Hall–Kier alpha value is -1.66. The summed E-state index contributed by atoms with van der Waals surface area (Å²) in [5.41, 5.74) is 2.24. The van der Waals surface area contributed by atoms with Gasteiger partial charge in [0.1, 0.15) is 0 Å². The molecule has 1 aliphatic heterocycles. The third-order valence-electron chi connectivity index (χ3n) is 4.40. The van der Waals surface area contributed by atoms with E-state index in [2.05, 4.69) is 59.3 Å². The van der Waals surface area contributed by atoms with Crippen LogP contribution in [-0.4, -0.2) is 60.8 Å². The Labute approximate surface area is 145 Å². The Kier molecular flexibility index (Phi) is 6.99. The first-order valence-corrected chi connectivity index (χ1v) is 8.78. The SMILES string of the molecule is CCNC(=NCc1ncccc1C)NCC(C)(C)N1CCOCC1. The number of aliphatic imine (C=N–C) groups is 1. The van der Waals surface area contributed by atoms with Crippen LogP contribution in [0.3, 0.4) is 0 Å². The van der Waals surface area contributed by atoms with E-state index >= 15 is 0 Å². The highest BCUT2D eigenvalue weighted by Crippen LogP contribution is 2.15. The molecule has 0 saturated carbocycles. The number of hydrogen-bond donors (Lipinski definition) is 2. The van der Waals surface area contributed by atoms with Crippen molar-refractivity contribution in [1.29, 1.82) is 0 Å². The molecule has 1 aliphatic rings. The van der Waals surface area contributed by atoms with Crippen LogP contribution in [-0.2, 0) is 11.3 Å². The first kappa shape index (κ1) is 18.7. The van der Waals surface area contributed by atoms with Gasteiger partial charge in [0, 0.05) is 37.9 Å². The Morgan fingerprint density at radius 2 is 2.08 bits per heavy atom. The van der Waals surface area contributed by atoms with Crippen LogP contribution in [0.25, 0.3) is 0 Å². The second-order valence-corrected chi connectivity index (χ2v) is 6.73. The van der Waals surface area contributed by atoms with Crippen LogP contribution in [0.5, 0.6) is 0 Å². The lowest BCUT2D eigenvalue weighted by molar-refractivity contribution is -0.00834. The topological polar surface area (TPSA) is 61.8 Å². The van der Waals surface area contributed by atoms with Crippen LogP contribution < -0.4 is 10.6 Å². The quantitative estimate of drug-likeness (QED) is 0.611. The van der Waals surface area contributed by atoms with Gasteiger partial charge in [-0.15, -0.1) is 0 Å². The monoisotopic (exact) mass is 333 g/mol. The highest BCUT2D eigenvalue weighted by Gasteiger charge is 2.28. The Balaban J connectivity index is 1.94. The van der Waals surface area contributed by atoms with Crippen molar-refractivity contribution in [3.8, 4) is 0 Å². The lowest BCUT2D eigenvalue weighted by Crippen LogP contribution is -2.56. The molecule has 0 amide bonds. The van der Waals surface area contributed by atoms with E-state index in [-0.39, 0.29) is 5.54 Å². The molecule has 2 N–H and O–H groups in total. The minimum absolute atomic E-state index is 0.0564. The van der Waals surface area contributed by atoms with E-state index in [0.717, 1.165) is 51.0 Å². The third-order valence-corrected chi connectivity index (χ3v) is 4.40. The van der Waals surface area contributed by atoms with Crippen molar-refractivity contribution in [1.82, 2.24) is 20.5 Å². The number of guanidine groups is 1. The van der Waals surface area contributed by atoms with Gasteiger partial charge in [0.25, 0.3) is 0 Å². The first-order valence-electron chi connectivity index (χ1n) is 8.78. The number of nitrogens with zero attached hydrogens (tertiary/aromatic N) is 3. The second kappa shape index (κ2) is 8.99. The molecule has 1 aromatic heterocycles. The van der Waals surface area contributed by atoms with Gasteiger partial charge < -0.3 is 15.4 Å². The highest BCUT2D eigenvalue weighted by molar-refractivity contribution is 5.79. The van der Waals surface area contributed by atoms with E-state index in [4.69, 9.17) is 4.74 Å². The fourth-order valence-corrected chi connectivity index (χ4v) is 2.76. The van der Waals surface area contributed by atoms with E-state index in [1.165, 1.54) is 5.56 Å². The molecule has 6 heteroatoms. The number of pyridine rings is 1. The van der Waals surface area contributed by atoms with Crippen molar-refractivity contribution >= 4 is 5.96 Å². The van der Waals surface area contributed by atoms with Gasteiger partial charge in [-0.2, -0.15) is 0 Å². The molecule has 0 aliphatic carbocycles. The van der Waals surface area contributed by atoms with Gasteiger partial charge in [0.2, 0.25) is 0 Å². The van der Waals surface area contributed by atoms with Crippen LogP contribution in [0.1, 0.15) is 32.0 Å². The number of aromatic nitrogens is 1. The van der Waals surface area contributed by atoms with Crippen molar-refractivity contribution in [3.05, 3.63) is 29.6 Å². The summed E-state index contributed by atoms with van der Waals surface area (Å²) in [6, 6.07) is 4.02. The summed E-state index contributed by atoms with van der Waals surface area (Å²) in [4.78, 5) is 11.6. The molecule has 1 aromatic rings. The van der Waals surface area contributed by atoms with Gasteiger partial charge in [-0.1, -0.05) is 6.07 Å². The Morgan fingerprint density at radius 3 is 2.75 bits per heavy atom. The summed E-state index contributed by atoms with van der Waals surface area (Å²) >= 11 is 0. The smallest absolute Gasteiger partial charge is 0.191 e. The molecular weight excluding hydrogens is 302 g/mol. The lowest BCUT2D eigenvalue weighted by Gasteiger charge is -2.41. The molecule has 0 bridgehead atoms. The van der Waals surface area contributed by atoms with E-state index in [1.54, 1.807) is 0 Å². The fraction of sp³-hybridized carbons (Fsp3) is 0.667. The van der Waals surface area contributed by atoms with Crippen LogP contribution in [0.4, 0.5) is 0 Å². The molecule has 0 spiro atoms. The molecule has 2 heterocycles. The van der Waals surface area contributed by atoms with Crippen LogP contribution in [0, 0.1) is 6.92 Å². The number of aryl methyl sites for hydroxylation is 1. The van der Waals surface area contributed by atoms with Gasteiger partial charge in [0.15, 0.2) is 5.96 Å². The molecule has 0 atom stereocenters. The van der Waals surface area contributed by atoms with Gasteiger partial charge >= 0.3 is 0 Å². The lowest BCUT2D eigenvalue weighted by atomic mass is 10.0. The van der Waals surface area contributed by atoms with Crippen molar-refractivity contribution in [2.45, 2.75) is 39.8 Å². The molecule has 1 saturated heterocycles. The minimum atomic E-state index is 0.0564. The van der Waals surface area contributed by atoms with E-state index in [9.17, 15) is 0 Å². The number of morpholine rings is 1. The molecule has 0 aromatic carbocycles. The summed E-state index contributed by atoms with van der Waals surface area (Å²) in [7, 11) is 0. The maximum Gasteiger partial charge on any atom is 0.191 e. The maximum absolute atomic E-state index is 5.45. The summed E-state index contributed by atoms with van der Waals surface area (Å²) in [6.07, 6.45) is 1.82. The van der Waals surface area contributed by atoms with Gasteiger partial charge in [-0.3, -0.25) is 9.88 Å². The van der Waals surface area contributed by atoms with Gasteiger partial charge in [-0.25, -0.2) is 4.99 Å². The van der Waals surface area contributed by atoms with Crippen LogP contribution in [0.2, 0.25) is 0 Å². The van der Waals surface area contributed by atoms with Crippen molar-refractivity contribution in [2.24, 2.45) is 4.99 Å². The third kappa shape index (κ3) is 5.46. The predicted octanol–water partition coefficient (Wildman–Crippen LogP) is 1.56. The maximum atomic E-state index is 5.45. The summed E-state index contributed by atoms with van der Waals surface area (Å²) < 4.78 is 5.45. The van der Waals surface area contributed by atoms with Gasteiger partial charge in [0.05, 0.1) is 25.5 Å². The van der Waals surface area contributed by atoms with Gasteiger partial charge in [-0.05, 0) is 39.3 Å². The Bertz CT molecular complexity index is 538. The molecule has 0 unspecified atom stereocenters. The fourth-order valence-electron chi connectivity index (χ4n) is 2.76. The standard InChI is InChI=1S/C18H31N5O/c1-5-19-17(21-13-16-15(2)7-6-8-20-16)22-14-18(3,4)23-9-11-24-12-10-23/h6-8H,5,9-14H2,1-4H3,(H2,19,21,22). The zero-order chi connectivity index (χ0) is 17.4. The van der Waals surface area contributed by atoms with E-state index < -0.39 is 0 Å². The van der Waals surface area contributed by atoms with Crippen LogP contribution in [0.15, 0.2) is 23.3 Å². The normalized spacial score (nSPS) is 16.9. The molecule has 1 fully saturated rings. The number of ether oxygens (including phenoxy) is 1. The van der Waals surface area contributed by atoms with Crippen molar-refractivity contribution in [3.63, 3.8) is 0 Å².